The summed E-state index contributed by atoms with van der Waals surface area (Å²) in [4.78, 5) is 25.1. The van der Waals surface area contributed by atoms with Crippen LogP contribution >= 0.6 is 0 Å². The first-order valence-corrected chi connectivity index (χ1v) is 6.34. The molecular weight excluding hydrogens is 244 g/mol. The second kappa shape index (κ2) is 5.40. The summed E-state index contributed by atoms with van der Waals surface area (Å²) in [6.07, 6.45) is 0.475. The van der Waals surface area contributed by atoms with Crippen molar-refractivity contribution in [2.75, 3.05) is 18.5 Å². The van der Waals surface area contributed by atoms with Crippen LogP contribution in [-0.2, 0) is 16.0 Å². The summed E-state index contributed by atoms with van der Waals surface area (Å²) in [6, 6.07) is 7.15. The van der Waals surface area contributed by atoms with Crippen molar-refractivity contribution in [3.05, 3.63) is 29.8 Å². The largest absolute Gasteiger partial charge is 0.481 e. The molecule has 0 aliphatic carbocycles. The number of aliphatic carboxylic acids is 1. The number of anilines is 1. The normalized spacial score (nSPS) is 19.7. The Labute approximate surface area is 112 Å². The quantitative estimate of drug-likeness (QED) is 0.848. The number of rotatable bonds is 3. The van der Waals surface area contributed by atoms with E-state index >= 15 is 0 Å². The number of carboxylic acid groups (broad SMARTS) is 1. The number of likely N-dealkylation sites (N-methyl/N-ethyl adjacent to an activating group) is 1. The third kappa shape index (κ3) is 2.61. The van der Waals surface area contributed by atoms with E-state index in [1.165, 1.54) is 0 Å². The van der Waals surface area contributed by atoms with Crippen LogP contribution in [-0.4, -0.2) is 36.6 Å². The first-order chi connectivity index (χ1) is 9.04. The molecule has 1 aromatic carbocycles. The highest BCUT2D eigenvalue weighted by Crippen LogP contribution is 2.30. The first-order valence-electron chi connectivity index (χ1n) is 6.34. The molecule has 2 rings (SSSR count). The zero-order valence-electron chi connectivity index (χ0n) is 11.1. The van der Waals surface area contributed by atoms with Crippen LogP contribution in [0.15, 0.2) is 24.3 Å². The monoisotopic (exact) mass is 262 g/mol. The summed E-state index contributed by atoms with van der Waals surface area (Å²) in [5.41, 5.74) is 1.74. The van der Waals surface area contributed by atoms with Gasteiger partial charge in [-0.25, -0.2) is 0 Å². The fraction of sp³-hybridized carbons (Fsp3) is 0.429. The molecule has 0 radical (unpaired) electrons. The minimum atomic E-state index is -0.857. The molecule has 1 aromatic rings. The Bertz CT molecular complexity index is 501. The number of nitrogens with zero attached hydrogens (tertiary/aromatic N) is 1. The van der Waals surface area contributed by atoms with Crippen molar-refractivity contribution in [2.45, 2.75) is 19.4 Å². The Morgan fingerprint density at radius 1 is 1.42 bits per heavy atom. The molecule has 2 N–H and O–H groups in total. The lowest BCUT2D eigenvalue weighted by Crippen LogP contribution is -2.49. The molecule has 0 saturated heterocycles. The van der Waals surface area contributed by atoms with E-state index in [-0.39, 0.29) is 18.5 Å². The fourth-order valence-electron chi connectivity index (χ4n) is 2.33. The van der Waals surface area contributed by atoms with Crippen LogP contribution in [0.4, 0.5) is 5.69 Å². The molecule has 5 heteroatoms. The van der Waals surface area contributed by atoms with Gasteiger partial charge in [0.15, 0.2) is 0 Å². The maximum Gasteiger partial charge on any atom is 0.308 e. The van der Waals surface area contributed by atoms with E-state index in [0.717, 1.165) is 11.3 Å². The van der Waals surface area contributed by atoms with E-state index in [1.807, 2.05) is 24.3 Å². The van der Waals surface area contributed by atoms with Crippen molar-refractivity contribution in [2.24, 2.45) is 5.92 Å². The molecule has 1 heterocycles. The Morgan fingerprint density at radius 2 is 2.11 bits per heavy atom. The van der Waals surface area contributed by atoms with Gasteiger partial charge in [0.2, 0.25) is 5.91 Å². The number of carbonyl (C=O) groups is 2. The summed E-state index contributed by atoms with van der Waals surface area (Å²) in [7, 11) is 1.72. The molecule has 0 aromatic heterocycles. The summed E-state index contributed by atoms with van der Waals surface area (Å²) in [5.74, 6) is -1.49. The van der Waals surface area contributed by atoms with Gasteiger partial charge in [0, 0.05) is 12.2 Å². The zero-order valence-corrected chi connectivity index (χ0v) is 11.1. The number of para-hydroxylation sites is 1. The molecule has 5 nitrogen and oxygen atoms in total. The van der Waals surface area contributed by atoms with Crippen molar-refractivity contribution in [3.63, 3.8) is 0 Å². The number of benzene rings is 1. The van der Waals surface area contributed by atoms with Crippen LogP contribution in [0.3, 0.4) is 0 Å². The van der Waals surface area contributed by atoms with E-state index < -0.39 is 11.9 Å². The van der Waals surface area contributed by atoms with Crippen LogP contribution in [0.2, 0.25) is 0 Å². The van der Waals surface area contributed by atoms with Gasteiger partial charge in [-0.15, -0.1) is 0 Å². The van der Waals surface area contributed by atoms with Crippen molar-refractivity contribution < 1.29 is 14.7 Å². The van der Waals surface area contributed by atoms with Crippen molar-refractivity contribution >= 4 is 17.6 Å². The standard InChI is InChI=1S/C14H18N2O3/c1-9(15-2)13(17)16-8-11(14(18)19)7-10-5-3-4-6-12(10)16/h3-6,9,11,15H,7-8H2,1-2H3,(H,18,19). The van der Waals surface area contributed by atoms with Crippen molar-refractivity contribution in [1.82, 2.24) is 5.32 Å². The predicted octanol–water partition coefficient (Wildman–Crippen LogP) is 0.884. The average Bonchev–Trinajstić information content (AvgIpc) is 2.44. The molecule has 0 saturated carbocycles. The molecule has 2 atom stereocenters. The molecule has 1 aliphatic rings. The minimum absolute atomic E-state index is 0.0964. The Hall–Kier alpha value is -1.88. The van der Waals surface area contributed by atoms with Gasteiger partial charge in [-0.2, -0.15) is 0 Å². The number of carboxylic acids is 1. The Morgan fingerprint density at radius 3 is 2.74 bits per heavy atom. The maximum atomic E-state index is 12.3. The molecule has 0 spiro atoms. The first kappa shape index (κ1) is 13.5. The van der Waals surface area contributed by atoms with E-state index in [0.29, 0.717) is 6.42 Å². The number of fused-ring (bicyclic) bond motifs is 1. The fourth-order valence-corrected chi connectivity index (χ4v) is 2.33. The van der Waals surface area contributed by atoms with E-state index in [4.69, 9.17) is 0 Å². The highest BCUT2D eigenvalue weighted by atomic mass is 16.4. The third-order valence-corrected chi connectivity index (χ3v) is 3.57. The van der Waals surface area contributed by atoms with Gasteiger partial charge in [0.05, 0.1) is 12.0 Å². The lowest BCUT2D eigenvalue weighted by Gasteiger charge is -2.34. The highest BCUT2D eigenvalue weighted by molar-refractivity contribution is 5.98. The predicted molar refractivity (Wildman–Crippen MR) is 72.1 cm³/mol. The van der Waals surface area contributed by atoms with Gasteiger partial charge >= 0.3 is 5.97 Å². The van der Waals surface area contributed by atoms with E-state index in [9.17, 15) is 14.7 Å². The molecule has 102 valence electrons. The number of nitrogens with one attached hydrogen (secondary N) is 1. The van der Waals surface area contributed by atoms with E-state index in [1.54, 1.807) is 18.9 Å². The Balaban J connectivity index is 2.36. The number of hydrogen-bond acceptors (Lipinski definition) is 3. The van der Waals surface area contributed by atoms with Gasteiger partial charge in [0.1, 0.15) is 0 Å². The summed E-state index contributed by atoms with van der Waals surface area (Å²) in [6.45, 7) is 2.01. The van der Waals surface area contributed by atoms with Crippen molar-refractivity contribution in [3.8, 4) is 0 Å². The second-order valence-corrected chi connectivity index (χ2v) is 4.83. The van der Waals surface area contributed by atoms with Gasteiger partial charge < -0.3 is 15.3 Å². The second-order valence-electron chi connectivity index (χ2n) is 4.83. The lowest BCUT2D eigenvalue weighted by atomic mass is 9.92. The number of carbonyl (C=O) groups excluding carboxylic acids is 1. The average molecular weight is 262 g/mol. The van der Waals surface area contributed by atoms with Crippen LogP contribution in [0, 0.1) is 5.92 Å². The smallest absolute Gasteiger partial charge is 0.308 e. The lowest BCUT2D eigenvalue weighted by molar-refractivity contribution is -0.141. The van der Waals surface area contributed by atoms with Crippen LogP contribution in [0.1, 0.15) is 12.5 Å². The third-order valence-electron chi connectivity index (χ3n) is 3.57. The molecule has 1 aliphatic heterocycles. The number of hydrogen-bond donors (Lipinski definition) is 2. The maximum absolute atomic E-state index is 12.3. The summed E-state index contributed by atoms with van der Waals surface area (Å²) >= 11 is 0. The molecule has 19 heavy (non-hydrogen) atoms. The topological polar surface area (TPSA) is 69.6 Å². The molecule has 1 amide bonds. The SMILES string of the molecule is CNC(C)C(=O)N1CC(C(=O)O)Cc2ccccc21. The van der Waals surface area contributed by atoms with Gasteiger partial charge in [-0.05, 0) is 32.0 Å². The zero-order chi connectivity index (χ0) is 14.0. The summed E-state index contributed by atoms with van der Waals surface area (Å²) < 4.78 is 0. The van der Waals surface area contributed by atoms with Gasteiger partial charge in [-0.1, -0.05) is 18.2 Å². The summed E-state index contributed by atoms with van der Waals surface area (Å²) in [5, 5.41) is 12.1. The van der Waals surface area contributed by atoms with Crippen LogP contribution in [0.5, 0.6) is 0 Å². The molecule has 0 fully saturated rings. The molecular formula is C14H18N2O3. The number of amides is 1. The van der Waals surface area contributed by atoms with Crippen molar-refractivity contribution in [1.29, 1.82) is 0 Å². The minimum Gasteiger partial charge on any atom is -0.481 e. The molecule has 2 unspecified atom stereocenters. The molecule has 0 bridgehead atoms. The van der Waals surface area contributed by atoms with Crippen LogP contribution in [0.25, 0.3) is 0 Å². The Kier molecular flexibility index (Phi) is 3.85. The van der Waals surface area contributed by atoms with E-state index in [2.05, 4.69) is 5.32 Å². The van der Waals surface area contributed by atoms with Crippen LogP contribution < -0.4 is 10.2 Å². The van der Waals surface area contributed by atoms with Gasteiger partial charge in [-0.3, -0.25) is 9.59 Å². The van der Waals surface area contributed by atoms with Gasteiger partial charge in [0.25, 0.3) is 0 Å². The highest BCUT2D eigenvalue weighted by Gasteiger charge is 2.33.